The second-order valence-electron chi connectivity index (χ2n) is 5.92. The second kappa shape index (κ2) is 15.6. The fourth-order valence-electron chi connectivity index (χ4n) is 2.55. The summed E-state index contributed by atoms with van der Waals surface area (Å²) in [6.45, 7) is 0. The first kappa shape index (κ1) is 32.6. The predicted molar refractivity (Wildman–Crippen MR) is 135 cm³/mol. The molecule has 0 aliphatic heterocycles. The van der Waals surface area contributed by atoms with E-state index in [0.717, 1.165) is 12.1 Å². The number of hydrogen-bond donors (Lipinski definition) is 3. The highest BCUT2D eigenvalue weighted by Crippen LogP contribution is 2.36. The van der Waals surface area contributed by atoms with Crippen molar-refractivity contribution in [2.45, 2.75) is 0 Å². The van der Waals surface area contributed by atoms with Crippen molar-refractivity contribution in [3.63, 3.8) is 0 Å². The molecule has 3 N–H and O–H groups in total. The molecule has 2 aromatic carbocycles. The molecule has 0 aliphatic rings. The summed E-state index contributed by atoms with van der Waals surface area (Å²) < 4.78 is 18.9. The number of benzene rings is 2. The van der Waals surface area contributed by atoms with Gasteiger partial charge in [0.2, 0.25) is 9.23 Å². The molecule has 0 amide bonds. The number of carbonyl (C=O) groups excluding carboxylic acids is 1. The van der Waals surface area contributed by atoms with E-state index in [-0.39, 0.29) is 45.4 Å². The zero-order valence-corrected chi connectivity index (χ0v) is 22.0. The number of nitrogens with one attached hydrogen (secondary N) is 2. The Bertz CT molecular complexity index is 1080. The van der Waals surface area contributed by atoms with E-state index in [1.807, 2.05) is 0 Å². The van der Waals surface area contributed by atoms with Gasteiger partial charge in [-0.15, -0.1) is 0 Å². The third-order valence-corrected chi connectivity index (χ3v) is 4.19. The molecule has 18 heteroatoms. The van der Waals surface area contributed by atoms with Gasteiger partial charge in [0.05, 0.1) is 29.6 Å². The predicted octanol–water partition coefficient (Wildman–Crippen LogP) is 4.41. The van der Waals surface area contributed by atoms with Gasteiger partial charge in [-0.25, -0.2) is 9.00 Å². The van der Waals surface area contributed by atoms with Crippen LogP contribution in [0.5, 0.6) is 11.5 Å². The molecule has 0 atom stereocenters. The lowest BCUT2D eigenvalue weighted by Crippen LogP contribution is -2.04. The molecule has 0 radical (unpaired) electrons. The first-order chi connectivity index (χ1) is 16.7. The number of aromatic carboxylic acids is 1. The highest BCUT2D eigenvalue weighted by atomic mass is 36.0. The number of nitro benzene ring substituents is 2. The molecule has 0 bridgehead atoms. The van der Waals surface area contributed by atoms with Crippen molar-refractivity contribution in [3.05, 3.63) is 55.6 Å². The molecule has 0 saturated heterocycles. The van der Waals surface area contributed by atoms with Gasteiger partial charge >= 0.3 is 5.97 Å². The van der Waals surface area contributed by atoms with Crippen LogP contribution in [0.3, 0.4) is 0 Å². The number of ether oxygens (including phenoxy) is 2. The molecular formula is C18H19Cl3N4O10S. The summed E-state index contributed by atoms with van der Waals surface area (Å²) in [5, 5.41) is 34.8. The van der Waals surface area contributed by atoms with E-state index in [4.69, 9.17) is 30.4 Å². The van der Waals surface area contributed by atoms with Crippen LogP contribution in [0.4, 0.5) is 22.7 Å². The summed E-state index contributed by atoms with van der Waals surface area (Å²) in [6.07, 6.45) is 0. The zero-order chi connectivity index (χ0) is 28.2. The summed E-state index contributed by atoms with van der Waals surface area (Å²) in [5.74, 6) is -0.932. The standard InChI is InChI=1S/C9H9ClN2O4.C9H10N2O5.Cl2OS/c1-11-8-6(12(14)15)3-5(9(10)13)4-7(8)16-2;1-10-8-6(11(14)15)3-5(9(12)13)4-7(8)16-2;1-4(2)3/h3-4,11H,1-2H3;3-4,10H,1-2H3,(H,12,13);. The number of methoxy groups -OCH3 is 2. The number of halogens is 3. The number of hydrogen-bond acceptors (Lipinski definition) is 11. The van der Waals surface area contributed by atoms with Crippen molar-refractivity contribution in [2.24, 2.45) is 0 Å². The van der Waals surface area contributed by atoms with Crippen LogP contribution >= 0.6 is 33.0 Å². The van der Waals surface area contributed by atoms with Gasteiger partial charge in [0.25, 0.3) is 16.6 Å². The average Bonchev–Trinajstić information content (AvgIpc) is 2.81. The molecule has 0 unspecified atom stereocenters. The number of rotatable bonds is 8. The Morgan fingerprint density at radius 2 is 1.22 bits per heavy atom. The van der Waals surface area contributed by atoms with Crippen molar-refractivity contribution in [3.8, 4) is 11.5 Å². The maximum Gasteiger partial charge on any atom is 0.336 e. The van der Waals surface area contributed by atoms with Crippen molar-refractivity contribution in [1.82, 2.24) is 0 Å². The Kier molecular flexibility index (Phi) is 14.1. The lowest BCUT2D eigenvalue weighted by Gasteiger charge is -2.09. The summed E-state index contributed by atoms with van der Waals surface area (Å²) >= 11 is 5.27. The lowest BCUT2D eigenvalue weighted by atomic mass is 10.1. The van der Waals surface area contributed by atoms with Crippen molar-refractivity contribution in [1.29, 1.82) is 0 Å². The highest BCUT2D eigenvalue weighted by molar-refractivity contribution is 8.26. The fraction of sp³-hybridized carbons (Fsp3) is 0.222. The average molecular weight is 590 g/mol. The molecule has 14 nitrogen and oxygen atoms in total. The van der Waals surface area contributed by atoms with Crippen LogP contribution in [0.2, 0.25) is 0 Å². The molecule has 2 rings (SSSR count). The van der Waals surface area contributed by atoms with E-state index in [9.17, 15) is 29.8 Å². The first-order valence-corrected chi connectivity index (χ1v) is 12.2. The molecule has 36 heavy (non-hydrogen) atoms. The maximum atomic E-state index is 11.0. The Balaban J connectivity index is 0.000000593. The minimum Gasteiger partial charge on any atom is -0.494 e. The highest BCUT2D eigenvalue weighted by Gasteiger charge is 2.22. The van der Waals surface area contributed by atoms with Crippen molar-refractivity contribution < 1.29 is 38.2 Å². The molecule has 0 aliphatic carbocycles. The minimum absolute atomic E-state index is 0.0178. The number of carboxylic acids is 1. The molecule has 2 aromatic rings. The van der Waals surface area contributed by atoms with Gasteiger partial charge in [0, 0.05) is 53.2 Å². The van der Waals surface area contributed by atoms with Crippen LogP contribution in [0.1, 0.15) is 20.7 Å². The van der Waals surface area contributed by atoms with Crippen LogP contribution < -0.4 is 20.1 Å². The van der Waals surface area contributed by atoms with Crippen molar-refractivity contribution in [2.75, 3.05) is 38.9 Å². The fourth-order valence-corrected chi connectivity index (χ4v) is 2.66. The van der Waals surface area contributed by atoms with Gasteiger partial charge in [0.1, 0.15) is 11.5 Å². The smallest absolute Gasteiger partial charge is 0.336 e. The topological polar surface area (TPSA) is 200 Å². The van der Waals surface area contributed by atoms with Gasteiger partial charge < -0.3 is 25.2 Å². The number of nitro groups is 2. The lowest BCUT2D eigenvalue weighted by molar-refractivity contribution is -0.384. The van der Waals surface area contributed by atoms with Gasteiger partial charge in [-0.1, -0.05) is 0 Å². The third kappa shape index (κ3) is 9.69. The summed E-state index contributed by atoms with van der Waals surface area (Å²) in [5.41, 5.74) is -0.413. The summed E-state index contributed by atoms with van der Waals surface area (Å²) in [4.78, 5) is 41.9. The van der Waals surface area contributed by atoms with Gasteiger partial charge in [0.15, 0.2) is 11.4 Å². The van der Waals surface area contributed by atoms with E-state index in [2.05, 4.69) is 32.0 Å². The third-order valence-electron chi connectivity index (χ3n) is 3.97. The largest absolute Gasteiger partial charge is 0.494 e. The van der Waals surface area contributed by atoms with Gasteiger partial charge in [-0.2, -0.15) is 0 Å². The molecule has 198 valence electrons. The number of nitrogens with zero attached hydrogens (tertiary/aromatic N) is 2. The van der Waals surface area contributed by atoms with Crippen molar-refractivity contribution >= 4 is 76.2 Å². The van der Waals surface area contributed by atoms with E-state index >= 15 is 0 Å². The van der Waals surface area contributed by atoms with E-state index in [1.165, 1.54) is 40.4 Å². The molecule has 0 spiro atoms. The van der Waals surface area contributed by atoms with E-state index in [0.29, 0.717) is 0 Å². The summed E-state index contributed by atoms with van der Waals surface area (Å²) in [7, 11) is 13.0. The molecule has 0 saturated carbocycles. The molecule has 0 heterocycles. The maximum absolute atomic E-state index is 11.0. The number of anilines is 2. The van der Waals surface area contributed by atoms with Crippen LogP contribution in [-0.2, 0) is 9.23 Å². The van der Waals surface area contributed by atoms with Crippen LogP contribution in [-0.4, -0.2) is 58.7 Å². The molecule has 0 aromatic heterocycles. The van der Waals surface area contributed by atoms with E-state index < -0.39 is 30.3 Å². The Morgan fingerprint density at radius 3 is 1.47 bits per heavy atom. The van der Waals surface area contributed by atoms with Crippen LogP contribution in [0.25, 0.3) is 0 Å². The zero-order valence-electron chi connectivity index (χ0n) is 18.9. The minimum atomic E-state index is -1.67. The van der Waals surface area contributed by atoms with Crippen LogP contribution in [0, 0.1) is 20.2 Å². The Hall–Kier alpha value is -3.40. The first-order valence-electron chi connectivity index (χ1n) is 9.01. The second-order valence-corrected chi connectivity index (χ2v) is 8.79. The Labute approximate surface area is 220 Å². The Morgan fingerprint density at radius 1 is 0.889 bits per heavy atom. The number of carboxylic acid groups (broad SMARTS) is 1. The number of carbonyl (C=O) groups is 2. The SMILES string of the molecule is CNc1c(OC)cc(C(=O)Cl)cc1[N+](=O)[O-].CNc1c(OC)cc(C(=O)O)cc1[N+](=O)[O-].O=S(Cl)Cl. The monoisotopic (exact) mass is 588 g/mol. The normalized spacial score (nSPS) is 9.56. The van der Waals surface area contributed by atoms with Gasteiger partial charge in [-0.3, -0.25) is 25.0 Å². The quantitative estimate of drug-likeness (QED) is 0.223. The van der Waals surface area contributed by atoms with E-state index in [1.54, 1.807) is 0 Å². The van der Waals surface area contributed by atoms with Crippen LogP contribution in [0.15, 0.2) is 24.3 Å². The molecule has 0 fully saturated rings. The summed E-state index contributed by atoms with van der Waals surface area (Å²) in [6, 6.07) is 4.65. The van der Waals surface area contributed by atoms with Gasteiger partial charge in [-0.05, 0) is 23.7 Å². The molecular weight excluding hydrogens is 571 g/mol.